The van der Waals surface area contributed by atoms with Gasteiger partial charge in [-0.15, -0.1) is 0 Å². The molecule has 0 aliphatic heterocycles. The first-order valence-corrected chi connectivity index (χ1v) is 7.18. The summed E-state index contributed by atoms with van der Waals surface area (Å²) in [6.45, 7) is 3.96. The number of benzene rings is 1. The van der Waals surface area contributed by atoms with Crippen LogP contribution in [0.15, 0.2) is 34.9 Å². The molecule has 2 aromatic rings. The van der Waals surface area contributed by atoms with Gasteiger partial charge in [-0.1, -0.05) is 49.3 Å². The maximum absolute atomic E-state index is 9.90. The van der Waals surface area contributed by atoms with E-state index in [0.717, 1.165) is 18.7 Å². The van der Waals surface area contributed by atoms with E-state index < -0.39 is 6.10 Å². The van der Waals surface area contributed by atoms with E-state index in [9.17, 15) is 5.11 Å². The molecule has 1 heterocycles. The van der Waals surface area contributed by atoms with Gasteiger partial charge >= 0.3 is 0 Å². The van der Waals surface area contributed by atoms with Crippen LogP contribution < -0.4 is 0 Å². The highest BCUT2D eigenvalue weighted by atomic mass is 16.5. The summed E-state index contributed by atoms with van der Waals surface area (Å²) in [4.78, 5) is 4.51. The SMILES string of the molecule is CC(C)C(O)Cc1nc(C2(c3ccccc3)CC2)no1. The minimum atomic E-state index is -0.435. The van der Waals surface area contributed by atoms with Crippen molar-refractivity contribution in [2.75, 3.05) is 0 Å². The molecule has 1 aromatic heterocycles. The third-order valence-electron chi connectivity index (χ3n) is 4.13. The summed E-state index contributed by atoms with van der Waals surface area (Å²) in [6.07, 6.45) is 2.11. The smallest absolute Gasteiger partial charge is 0.229 e. The van der Waals surface area contributed by atoms with Gasteiger partial charge in [-0.2, -0.15) is 4.98 Å². The van der Waals surface area contributed by atoms with E-state index >= 15 is 0 Å². The Hall–Kier alpha value is -1.68. The van der Waals surface area contributed by atoms with Crippen LogP contribution in [-0.4, -0.2) is 21.4 Å². The highest BCUT2D eigenvalue weighted by molar-refractivity contribution is 5.38. The second-order valence-corrected chi connectivity index (χ2v) is 5.98. The molecule has 3 rings (SSSR count). The molecule has 1 fully saturated rings. The molecule has 4 heteroatoms. The van der Waals surface area contributed by atoms with E-state index in [1.54, 1.807) is 0 Å². The van der Waals surface area contributed by atoms with Crippen molar-refractivity contribution in [3.63, 3.8) is 0 Å². The van der Waals surface area contributed by atoms with Crippen LogP contribution in [0.4, 0.5) is 0 Å². The molecule has 1 saturated carbocycles. The molecule has 0 radical (unpaired) electrons. The molecule has 0 amide bonds. The van der Waals surface area contributed by atoms with Crippen molar-refractivity contribution in [2.45, 2.75) is 44.6 Å². The average Bonchev–Trinajstić information content (AvgIpc) is 3.14. The van der Waals surface area contributed by atoms with Gasteiger partial charge in [0.25, 0.3) is 0 Å². The zero-order chi connectivity index (χ0) is 14.2. The van der Waals surface area contributed by atoms with E-state index in [1.807, 2.05) is 32.0 Å². The summed E-state index contributed by atoms with van der Waals surface area (Å²) in [5.41, 5.74) is 1.18. The molecule has 1 N–H and O–H groups in total. The van der Waals surface area contributed by atoms with Gasteiger partial charge in [-0.3, -0.25) is 0 Å². The van der Waals surface area contributed by atoms with E-state index in [0.29, 0.717) is 12.3 Å². The Morgan fingerprint density at radius 1 is 1.25 bits per heavy atom. The summed E-state index contributed by atoms with van der Waals surface area (Å²) in [7, 11) is 0. The Balaban J connectivity index is 1.81. The molecule has 0 saturated heterocycles. The number of aliphatic hydroxyl groups is 1. The lowest BCUT2D eigenvalue weighted by Crippen LogP contribution is -2.18. The topological polar surface area (TPSA) is 59.2 Å². The molecule has 1 atom stereocenters. The summed E-state index contributed by atoms with van der Waals surface area (Å²) in [6, 6.07) is 10.3. The molecule has 1 aliphatic carbocycles. The highest BCUT2D eigenvalue weighted by Crippen LogP contribution is 2.52. The quantitative estimate of drug-likeness (QED) is 0.909. The largest absolute Gasteiger partial charge is 0.392 e. The molecule has 0 bridgehead atoms. The Kier molecular flexibility index (Phi) is 3.34. The van der Waals surface area contributed by atoms with Gasteiger partial charge in [0.2, 0.25) is 5.89 Å². The molecular formula is C16H20N2O2. The maximum atomic E-state index is 9.90. The minimum Gasteiger partial charge on any atom is -0.392 e. The standard InChI is InChI=1S/C16H20N2O2/c1-11(2)13(19)10-14-17-15(18-20-14)16(8-9-16)12-6-4-3-5-7-12/h3-7,11,13,19H,8-10H2,1-2H3. The molecule has 0 spiro atoms. The molecule has 1 unspecified atom stereocenters. The van der Waals surface area contributed by atoms with Gasteiger partial charge < -0.3 is 9.63 Å². The predicted molar refractivity (Wildman–Crippen MR) is 75.3 cm³/mol. The van der Waals surface area contributed by atoms with E-state index in [1.165, 1.54) is 5.56 Å². The van der Waals surface area contributed by atoms with E-state index in [2.05, 4.69) is 22.3 Å². The second kappa shape index (κ2) is 5.02. The number of nitrogens with zero attached hydrogens (tertiary/aromatic N) is 2. The molecule has 4 nitrogen and oxygen atoms in total. The average molecular weight is 272 g/mol. The van der Waals surface area contributed by atoms with Gasteiger partial charge in [0.1, 0.15) is 0 Å². The Morgan fingerprint density at radius 2 is 1.95 bits per heavy atom. The molecular weight excluding hydrogens is 252 g/mol. The minimum absolute atomic E-state index is 0.0637. The monoisotopic (exact) mass is 272 g/mol. The van der Waals surface area contributed by atoms with Crippen LogP contribution >= 0.6 is 0 Å². The Bertz CT molecular complexity index is 573. The van der Waals surface area contributed by atoms with Crippen molar-refractivity contribution >= 4 is 0 Å². The van der Waals surface area contributed by atoms with Crippen LogP contribution in [0, 0.1) is 5.92 Å². The van der Waals surface area contributed by atoms with Gasteiger partial charge in [-0.05, 0) is 24.3 Å². The fourth-order valence-electron chi connectivity index (χ4n) is 2.47. The van der Waals surface area contributed by atoms with Gasteiger partial charge in [0, 0.05) is 0 Å². The number of aromatic nitrogens is 2. The Labute approximate surface area is 118 Å². The second-order valence-electron chi connectivity index (χ2n) is 5.98. The van der Waals surface area contributed by atoms with Crippen LogP contribution in [-0.2, 0) is 11.8 Å². The molecule has 1 aliphatic rings. The molecule has 20 heavy (non-hydrogen) atoms. The fraction of sp³-hybridized carbons (Fsp3) is 0.500. The fourth-order valence-corrected chi connectivity index (χ4v) is 2.47. The van der Waals surface area contributed by atoms with Gasteiger partial charge in [0.05, 0.1) is 17.9 Å². The lowest BCUT2D eigenvalue weighted by molar-refractivity contribution is 0.116. The van der Waals surface area contributed by atoms with Gasteiger partial charge in [0.15, 0.2) is 5.82 Å². The lowest BCUT2D eigenvalue weighted by atomic mass is 9.95. The number of hydrogen-bond donors (Lipinski definition) is 1. The van der Waals surface area contributed by atoms with Crippen LogP contribution in [0.2, 0.25) is 0 Å². The van der Waals surface area contributed by atoms with Crippen LogP contribution in [0.1, 0.15) is 44.0 Å². The van der Waals surface area contributed by atoms with Gasteiger partial charge in [-0.25, -0.2) is 0 Å². The van der Waals surface area contributed by atoms with Crippen LogP contribution in [0.3, 0.4) is 0 Å². The van der Waals surface area contributed by atoms with Crippen LogP contribution in [0.5, 0.6) is 0 Å². The van der Waals surface area contributed by atoms with Crippen molar-refractivity contribution in [1.82, 2.24) is 10.1 Å². The summed E-state index contributed by atoms with van der Waals surface area (Å²) >= 11 is 0. The third-order valence-corrected chi connectivity index (χ3v) is 4.13. The zero-order valence-electron chi connectivity index (χ0n) is 11.9. The maximum Gasteiger partial charge on any atom is 0.229 e. The normalized spacial score (nSPS) is 18.2. The van der Waals surface area contributed by atoms with Crippen molar-refractivity contribution in [2.24, 2.45) is 5.92 Å². The first-order chi connectivity index (χ1) is 9.62. The summed E-state index contributed by atoms with van der Waals surface area (Å²) < 4.78 is 5.31. The third kappa shape index (κ3) is 2.36. The van der Waals surface area contributed by atoms with Crippen molar-refractivity contribution in [3.8, 4) is 0 Å². The highest BCUT2D eigenvalue weighted by Gasteiger charge is 2.49. The number of rotatable bonds is 5. The zero-order valence-corrected chi connectivity index (χ0v) is 11.9. The first kappa shape index (κ1) is 13.3. The number of aliphatic hydroxyl groups excluding tert-OH is 1. The predicted octanol–water partition coefficient (Wildman–Crippen LogP) is 2.71. The van der Waals surface area contributed by atoms with E-state index in [4.69, 9.17) is 4.52 Å². The number of hydrogen-bond acceptors (Lipinski definition) is 4. The van der Waals surface area contributed by atoms with Crippen molar-refractivity contribution in [1.29, 1.82) is 0 Å². The molecule has 106 valence electrons. The first-order valence-electron chi connectivity index (χ1n) is 7.18. The lowest BCUT2D eigenvalue weighted by Gasteiger charge is -2.11. The Morgan fingerprint density at radius 3 is 2.55 bits per heavy atom. The van der Waals surface area contributed by atoms with Crippen molar-refractivity contribution < 1.29 is 9.63 Å². The summed E-state index contributed by atoms with van der Waals surface area (Å²) in [5, 5.41) is 14.0. The summed E-state index contributed by atoms with van der Waals surface area (Å²) in [5.74, 6) is 1.48. The molecule has 1 aromatic carbocycles. The van der Waals surface area contributed by atoms with Crippen molar-refractivity contribution in [3.05, 3.63) is 47.6 Å². The van der Waals surface area contributed by atoms with E-state index in [-0.39, 0.29) is 11.3 Å². The van der Waals surface area contributed by atoms with Crippen LogP contribution in [0.25, 0.3) is 0 Å².